The Balaban J connectivity index is 1.41. The summed E-state index contributed by atoms with van der Waals surface area (Å²) in [4.78, 5) is 4.86. The molecule has 2 aliphatic rings. The van der Waals surface area contributed by atoms with Gasteiger partial charge in [0.1, 0.15) is 6.61 Å². The number of aliphatic hydroxyl groups is 1. The van der Waals surface area contributed by atoms with Crippen LogP contribution in [0.1, 0.15) is 73.4 Å². The van der Waals surface area contributed by atoms with Gasteiger partial charge in [-0.1, -0.05) is 31.0 Å². The van der Waals surface area contributed by atoms with E-state index in [1.54, 1.807) is 11.8 Å². The van der Waals surface area contributed by atoms with E-state index in [1.165, 1.54) is 50.0 Å². The number of hydrogen-bond donors (Lipinski definition) is 1. The standard InChI is InChI=1S/C16H22N4OS2/c21-8-14-18-19-16(20(14)13-6-7-13)23-10-12-9-22-15(17-12)11-4-2-1-3-5-11/h9,11,13,21H,1-8,10H2. The van der Waals surface area contributed by atoms with Crippen LogP contribution in [0, 0.1) is 0 Å². The number of hydrogen-bond acceptors (Lipinski definition) is 6. The second-order valence-corrected chi connectivity index (χ2v) is 8.29. The second kappa shape index (κ2) is 6.91. The summed E-state index contributed by atoms with van der Waals surface area (Å²) in [6.07, 6.45) is 9.02. The van der Waals surface area contributed by atoms with Gasteiger partial charge in [0.05, 0.1) is 10.7 Å². The monoisotopic (exact) mass is 350 g/mol. The largest absolute Gasteiger partial charge is 0.388 e. The first kappa shape index (κ1) is 15.6. The summed E-state index contributed by atoms with van der Waals surface area (Å²) < 4.78 is 2.11. The van der Waals surface area contributed by atoms with E-state index in [0.717, 1.165) is 16.6 Å². The first-order chi connectivity index (χ1) is 11.3. The molecule has 4 rings (SSSR count). The van der Waals surface area contributed by atoms with Gasteiger partial charge in [0.25, 0.3) is 0 Å². The Kier molecular flexibility index (Phi) is 4.68. The number of thioether (sulfide) groups is 1. The van der Waals surface area contributed by atoms with E-state index >= 15 is 0 Å². The highest BCUT2D eigenvalue weighted by molar-refractivity contribution is 7.98. The van der Waals surface area contributed by atoms with Crippen molar-refractivity contribution in [3.05, 3.63) is 21.9 Å². The lowest BCUT2D eigenvalue weighted by Gasteiger charge is -2.18. The highest BCUT2D eigenvalue weighted by Gasteiger charge is 2.29. The quantitative estimate of drug-likeness (QED) is 0.801. The average molecular weight is 351 g/mol. The summed E-state index contributed by atoms with van der Waals surface area (Å²) in [5.74, 6) is 2.21. The van der Waals surface area contributed by atoms with E-state index in [2.05, 4.69) is 20.1 Å². The van der Waals surface area contributed by atoms with Gasteiger partial charge >= 0.3 is 0 Å². The second-order valence-electron chi connectivity index (χ2n) is 6.46. The zero-order chi connectivity index (χ0) is 15.6. The van der Waals surface area contributed by atoms with Crippen LogP contribution in [0.15, 0.2) is 10.5 Å². The highest BCUT2D eigenvalue weighted by Crippen LogP contribution is 2.39. The molecule has 0 aromatic carbocycles. The minimum absolute atomic E-state index is 0.0351. The van der Waals surface area contributed by atoms with Crippen LogP contribution in [0.4, 0.5) is 0 Å². The number of rotatable bonds is 6. The van der Waals surface area contributed by atoms with E-state index in [0.29, 0.717) is 17.8 Å². The van der Waals surface area contributed by atoms with Crippen molar-refractivity contribution in [2.24, 2.45) is 0 Å². The first-order valence-corrected chi connectivity index (χ1v) is 10.3. The van der Waals surface area contributed by atoms with Gasteiger partial charge in [-0.25, -0.2) is 4.98 Å². The minimum Gasteiger partial charge on any atom is -0.388 e. The van der Waals surface area contributed by atoms with Crippen molar-refractivity contribution in [1.29, 1.82) is 0 Å². The van der Waals surface area contributed by atoms with E-state index < -0.39 is 0 Å². The molecule has 2 aromatic rings. The SMILES string of the molecule is OCc1nnc(SCc2csc(C3CCCCC3)n2)n1C1CC1. The van der Waals surface area contributed by atoms with E-state index in [1.807, 2.05) is 11.3 Å². The van der Waals surface area contributed by atoms with E-state index in [9.17, 15) is 5.11 Å². The van der Waals surface area contributed by atoms with Crippen LogP contribution in [0.5, 0.6) is 0 Å². The van der Waals surface area contributed by atoms with Crippen LogP contribution in [0.2, 0.25) is 0 Å². The zero-order valence-electron chi connectivity index (χ0n) is 13.1. The Morgan fingerprint density at radius 2 is 2.00 bits per heavy atom. The maximum Gasteiger partial charge on any atom is 0.191 e. The molecule has 2 heterocycles. The van der Waals surface area contributed by atoms with Gasteiger partial charge < -0.3 is 9.67 Å². The van der Waals surface area contributed by atoms with Crippen molar-refractivity contribution >= 4 is 23.1 Å². The molecular weight excluding hydrogens is 328 g/mol. The van der Waals surface area contributed by atoms with Crippen molar-refractivity contribution in [1.82, 2.24) is 19.7 Å². The number of aliphatic hydroxyl groups excluding tert-OH is 1. The Labute approximate surface area is 144 Å². The van der Waals surface area contributed by atoms with Gasteiger partial charge in [0.15, 0.2) is 11.0 Å². The third-order valence-electron chi connectivity index (χ3n) is 4.66. The molecule has 1 N–H and O–H groups in total. The van der Waals surface area contributed by atoms with Crippen LogP contribution in [0.25, 0.3) is 0 Å². The van der Waals surface area contributed by atoms with E-state index in [-0.39, 0.29) is 6.61 Å². The molecule has 0 radical (unpaired) electrons. The molecule has 2 aromatic heterocycles. The fourth-order valence-electron chi connectivity index (χ4n) is 3.28. The molecule has 2 saturated carbocycles. The summed E-state index contributed by atoms with van der Waals surface area (Å²) in [5.41, 5.74) is 1.15. The topological polar surface area (TPSA) is 63.8 Å². The molecule has 0 bridgehead atoms. The molecule has 23 heavy (non-hydrogen) atoms. The predicted octanol–water partition coefficient (Wildman–Crippen LogP) is 3.90. The highest BCUT2D eigenvalue weighted by atomic mass is 32.2. The van der Waals surface area contributed by atoms with E-state index in [4.69, 9.17) is 4.98 Å². The minimum atomic E-state index is -0.0351. The maximum atomic E-state index is 9.40. The molecule has 0 amide bonds. The van der Waals surface area contributed by atoms with Crippen molar-refractivity contribution in [3.63, 3.8) is 0 Å². The van der Waals surface area contributed by atoms with Gasteiger partial charge in [0, 0.05) is 23.1 Å². The van der Waals surface area contributed by atoms with Gasteiger partial charge in [-0.3, -0.25) is 0 Å². The Bertz CT molecular complexity index is 659. The predicted molar refractivity (Wildman–Crippen MR) is 91.7 cm³/mol. The Hall–Kier alpha value is -0.920. The summed E-state index contributed by atoms with van der Waals surface area (Å²) in [6.45, 7) is -0.0351. The van der Waals surface area contributed by atoms with Gasteiger partial charge in [0.2, 0.25) is 0 Å². The third kappa shape index (κ3) is 3.46. The molecule has 2 aliphatic carbocycles. The summed E-state index contributed by atoms with van der Waals surface area (Å²) in [6, 6.07) is 0.489. The van der Waals surface area contributed by atoms with Crippen LogP contribution >= 0.6 is 23.1 Å². The van der Waals surface area contributed by atoms with Gasteiger partial charge in [-0.05, 0) is 25.7 Å². The van der Waals surface area contributed by atoms with Gasteiger partial charge in [-0.15, -0.1) is 21.5 Å². The van der Waals surface area contributed by atoms with Crippen LogP contribution in [-0.2, 0) is 12.4 Å². The molecule has 0 atom stereocenters. The molecule has 7 heteroatoms. The lowest BCUT2D eigenvalue weighted by Crippen LogP contribution is -2.04. The summed E-state index contributed by atoms with van der Waals surface area (Å²) in [5, 5.41) is 22.2. The van der Waals surface area contributed by atoms with Crippen molar-refractivity contribution in [2.45, 2.75) is 74.4 Å². The summed E-state index contributed by atoms with van der Waals surface area (Å²) in [7, 11) is 0. The molecule has 0 saturated heterocycles. The van der Waals surface area contributed by atoms with Crippen LogP contribution in [0.3, 0.4) is 0 Å². The van der Waals surface area contributed by atoms with Crippen LogP contribution < -0.4 is 0 Å². The van der Waals surface area contributed by atoms with Crippen molar-refractivity contribution < 1.29 is 5.11 Å². The average Bonchev–Trinajstić information content (AvgIpc) is 3.18. The molecule has 0 unspecified atom stereocenters. The molecular formula is C16H22N4OS2. The molecule has 0 aliphatic heterocycles. The fourth-order valence-corrected chi connectivity index (χ4v) is 5.29. The maximum absolute atomic E-state index is 9.40. The van der Waals surface area contributed by atoms with Crippen molar-refractivity contribution in [2.75, 3.05) is 0 Å². The van der Waals surface area contributed by atoms with Crippen LogP contribution in [-0.4, -0.2) is 24.9 Å². The third-order valence-corrected chi connectivity index (χ3v) is 6.69. The van der Waals surface area contributed by atoms with Crippen molar-refractivity contribution in [3.8, 4) is 0 Å². The normalized spacial score (nSPS) is 19.3. The molecule has 0 spiro atoms. The Morgan fingerprint density at radius 1 is 1.17 bits per heavy atom. The first-order valence-electron chi connectivity index (χ1n) is 8.47. The number of nitrogens with zero attached hydrogens (tertiary/aromatic N) is 4. The molecule has 2 fully saturated rings. The van der Waals surface area contributed by atoms with Gasteiger partial charge in [-0.2, -0.15) is 0 Å². The summed E-state index contributed by atoms with van der Waals surface area (Å²) >= 11 is 3.50. The molecule has 5 nitrogen and oxygen atoms in total. The lowest BCUT2D eigenvalue weighted by molar-refractivity contribution is 0.263. The smallest absolute Gasteiger partial charge is 0.191 e. The lowest BCUT2D eigenvalue weighted by atomic mass is 9.90. The zero-order valence-corrected chi connectivity index (χ0v) is 14.8. The molecule has 124 valence electrons. The number of thiazole rings is 1. The Morgan fingerprint density at radius 3 is 2.74 bits per heavy atom. The number of aromatic nitrogens is 4. The fraction of sp³-hybridized carbons (Fsp3) is 0.688.